The second kappa shape index (κ2) is 3.42. The Balaban J connectivity index is 1.76. The van der Waals surface area contributed by atoms with Crippen molar-refractivity contribution in [3.63, 3.8) is 0 Å². The van der Waals surface area contributed by atoms with Gasteiger partial charge in [0, 0.05) is 12.6 Å². The zero-order valence-corrected chi connectivity index (χ0v) is 9.01. The summed E-state index contributed by atoms with van der Waals surface area (Å²) in [4.78, 5) is 4.45. The predicted molar refractivity (Wildman–Crippen MR) is 57.7 cm³/mol. The van der Waals surface area contributed by atoms with Crippen molar-refractivity contribution in [1.29, 1.82) is 0 Å². The van der Waals surface area contributed by atoms with Crippen molar-refractivity contribution in [2.75, 3.05) is 6.54 Å². The van der Waals surface area contributed by atoms with Crippen LogP contribution in [0.5, 0.6) is 0 Å². The van der Waals surface area contributed by atoms with Crippen molar-refractivity contribution in [3.8, 4) is 0 Å². The first-order valence-electron chi connectivity index (χ1n) is 5.39. The van der Waals surface area contributed by atoms with Gasteiger partial charge in [-0.1, -0.05) is 13.8 Å². The van der Waals surface area contributed by atoms with Gasteiger partial charge in [0.1, 0.15) is 0 Å². The number of rotatable bonds is 3. The van der Waals surface area contributed by atoms with Crippen LogP contribution in [0.25, 0.3) is 0 Å². The first kappa shape index (κ1) is 9.77. The van der Waals surface area contributed by atoms with E-state index in [1.807, 2.05) is 0 Å². The summed E-state index contributed by atoms with van der Waals surface area (Å²) in [5, 5.41) is 3.26. The van der Waals surface area contributed by atoms with Gasteiger partial charge in [-0.05, 0) is 30.6 Å². The Hall–Kier alpha value is -0.770. The van der Waals surface area contributed by atoms with Gasteiger partial charge >= 0.3 is 0 Å². The Morgan fingerprint density at radius 2 is 2.14 bits per heavy atom. The van der Waals surface area contributed by atoms with E-state index in [-0.39, 0.29) is 0 Å². The molecule has 2 fully saturated rings. The fraction of sp³-hybridized carbons (Fsp3) is 0.900. The fourth-order valence-corrected chi connectivity index (χ4v) is 1.64. The van der Waals surface area contributed by atoms with Gasteiger partial charge in [0.25, 0.3) is 0 Å². The summed E-state index contributed by atoms with van der Waals surface area (Å²) in [6.07, 6.45) is 3.78. The summed E-state index contributed by atoms with van der Waals surface area (Å²) in [7, 11) is 0. The number of aliphatic imine (C=N–C) groups is 1. The molecule has 0 aromatic heterocycles. The first-order valence-corrected chi connectivity index (χ1v) is 5.39. The van der Waals surface area contributed by atoms with Gasteiger partial charge in [-0.2, -0.15) is 0 Å². The Kier molecular flexibility index (Phi) is 2.39. The molecule has 1 atom stereocenters. The zero-order valence-electron chi connectivity index (χ0n) is 9.01. The van der Waals surface area contributed by atoms with Crippen molar-refractivity contribution in [2.24, 2.45) is 22.2 Å². The smallest absolute Gasteiger partial charge is 0.205 e. The molecular weight excluding hydrogens is 176 g/mol. The van der Waals surface area contributed by atoms with Gasteiger partial charge in [0.05, 0.1) is 0 Å². The second-order valence-electron chi connectivity index (χ2n) is 5.14. The van der Waals surface area contributed by atoms with Crippen LogP contribution in [0.2, 0.25) is 0 Å². The molecule has 0 bridgehead atoms. The van der Waals surface area contributed by atoms with E-state index in [0.717, 1.165) is 18.4 Å². The maximum atomic E-state index is 5.38. The number of hydrogen-bond acceptors (Lipinski definition) is 2. The molecule has 0 spiro atoms. The number of nitrogens with two attached hydrogens (primary N) is 1. The molecule has 0 aliphatic heterocycles. The Bertz CT molecular complexity index is 243. The van der Waals surface area contributed by atoms with Crippen LogP contribution in [0, 0.1) is 11.3 Å². The van der Waals surface area contributed by atoms with Crippen molar-refractivity contribution < 1.29 is 0 Å². The van der Waals surface area contributed by atoms with E-state index in [1.54, 1.807) is 0 Å². The molecule has 14 heavy (non-hydrogen) atoms. The van der Waals surface area contributed by atoms with Gasteiger partial charge in [0.2, 0.25) is 5.96 Å². The third-order valence-corrected chi connectivity index (χ3v) is 3.24. The highest BCUT2D eigenvalue weighted by Gasteiger charge is 2.45. The van der Waals surface area contributed by atoms with Crippen molar-refractivity contribution in [2.45, 2.75) is 39.2 Å². The lowest BCUT2D eigenvalue weighted by atomic mass is 10.1. The number of guanidine groups is 1. The molecule has 1 unspecified atom stereocenters. The van der Waals surface area contributed by atoms with E-state index in [2.05, 4.69) is 29.6 Å². The maximum absolute atomic E-state index is 5.38. The van der Waals surface area contributed by atoms with E-state index in [9.17, 15) is 0 Å². The molecule has 0 radical (unpaired) electrons. The van der Waals surface area contributed by atoms with Crippen LogP contribution < -0.4 is 16.6 Å². The quantitative estimate of drug-likeness (QED) is 0.268. The van der Waals surface area contributed by atoms with Gasteiger partial charge in [-0.25, -0.2) is 5.84 Å². The van der Waals surface area contributed by atoms with Crippen molar-refractivity contribution in [3.05, 3.63) is 0 Å². The maximum Gasteiger partial charge on any atom is 0.205 e. The number of nitrogens with one attached hydrogen (secondary N) is 2. The summed E-state index contributed by atoms with van der Waals surface area (Å²) in [5.74, 6) is 6.88. The van der Waals surface area contributed by atoms with Gasteiger partial charge in [-0.15, -0.1) is 0 Å². The zero-order chi connectivity index (χ0) is 10.2. The van der Waals surface area contributed by atoms with Gasteiger partial charge in [-0.3, -0.25) is 10.4 Å². The summed E-state index contributed by atoms with van der Waals surface area (Å²) < 4.78 is 0. The molecule has 0 saturated heterocycles. The molecule has 4 heteroatoms. The standard InChI is InChI=1S/C10H20N4/c1-10(2)5-7(10)6-12-9(14-11)13-8-3-4-8/h7-8H,3-6,11H2,1-2H3,(H2,12,13,14). The van der Waals surface area contributed by atoms with E-state index >= 15 is 0 Å². The highest BCUT2D eigenvalue weighted by atomic mass is 15.3. The molecule has 0 heterocycles. The average molecular weight is 196 g/mol. The molecular formula is C10H20N4. The normalized spacial score (nSPS) is 29.9. The lowest BCUT2D eigenvalue weighted by Gasteiger charge is -2.07. The third kappa shape index (κ3) is 2.38. The van der Waals surface area contributed by atoms with Crippen LogP contribution in [-0.4, -0.2) is 18.5 Å². The monoisotopic (exact) mass is 196 g/mol. The molecule has 2 aliphatic carbocycles. The molecule has 0 aromatic carbocycles. The summed E-state index contributed by atoms with van der Waals surface area (Å²) in [6, 6.07) is 0.608. The Morgan fingerprint density at radius 1 is 1.50 bits per heavy atom. The van der Waals surface area contributed by atoms with E-state index in [0.29, 0.717) is 11.5 Å². The fourth-order valence-electron chi connectivity index (χ4n) is 1.64. The lowest BCUT2D eigenvalue weighted by Crippen LogP contribution is -2.42. The molecule has 80 valence electrons. The van der Waals surface area contributed by atoms with E-state index in [4.69, 9.17) is 5.84 Å². The minimum atomic E-state index is 0.503. The van der Waals surface area contributed by atoms with E-state index < -0.39 is 0 Å². The van der Waals surface area contributed by atoms with E-state index in [1.165, 1.54) is 19.3 Å². The summed E-state index contributed by atoms with van der Waals surface area (Å²) in [6.45, 7) is 5.47. The Morgan fingerprint density at radius 3 is 2.57 bits per heavy atom. The van der Waals surface area contributed by atoms with Crippen LogP contribution in [-0.2, 0) is 0 Å². The van der Waals surface area contributed by atoms with Crippen LogP contribution >= 0.6 is 0 Å². The molecule has 0 amide bonds. The molecule has 4 nitrogen and oxygen atoms in total. The predicted octanol–water partition coefficient (Wildman–Crippen LogP) is 0.604. The van der Waals surface area contributed by atoms with Gasteiger partial charge < -0.3 is 5.32 Å². The highest BCUT2D eigenvalue weighted by Crippen LogP contribution is 2.51. The second-order valence-corrected chi connectivity index (χ2v) is 5.14. The molecule has 0 aromatic rings. The topological polar surface area (TPSA) is 62.4 Å². The molecule has 2 rings (SSSR count). The van der Waals surface area contributed by atoms with Crippen LogP contribution in [0.3, 0.4) is 0 Å². The van der Waals surface area contributed by atoms with Crippen LogP contribution in [0.15, 0.2) is 4.99 Å². The number of hydrazine groups is 1. The molecule has 4 N–H and O–H groups in total. The average Bonchev–Trinajstić information content (AvgIpc) is 3.00. The molecule has 2 saturated carbocycles. The van der Waals surface area contributed by atoms with Crippen LogP contribution in [0.1, 0.15) is 33.1 Å². The van der Waals surface area contributed by atoms with Gasteiger partial charge in [0.15, 0.2) is 0 Å². The Labute approximate surface area is 85.3 Å². The highest BCUT2D eigenvalue weighted by molar-refractivity contribution is 5.79. The first-order chi connectivity index (χ1) is 6.62. The lowest BCUT2D eigenvalue weighted by molar-refractivity contribution is 0.564. The SMILES string of the molecule is CC1(C)CC1CN=C(NN)NC1CC1. The minimum Gasteiger partial charge on any atom is -0.353 e. The third-order valence-electron chi connectivity index (χ3n) is 3.24. The van der Waals surface area contributed by atoms with Crippen molar-refractivity contribution >= 4 is 5.96 Å². The summed E-state index contributed by atoms with van der Waals surface area (Å²) >= 11 is 0. The number of hydrogen-bond donors (Lipinski definition) is 3. The summed E-state index contributed by atoms with van der Waals surface area (Å²) in [5.41, 5.74) is 3.13. The largest absolute Gasteiger partial charge is 0.353 e. The molecule has 2 aliphatic rings. The minimum absolute atomic E-state index is 0.503. The van der Waals surface area contributed by atoms with Crippen LogP contribution in [0.4, 0.5) is 0 Å². The number of nitrogens with zero attached hydrogens (tertiary/aromatic N) is 1. The van der Waals surface area contributed by atoms with Crippen molar-refractivity contribution in [1.82, 2.24) is 10.7 Å².